The Balaban J connectivity index is 2.19. The molecule has 1 aliphatic rings. The number of benzene rings is 1. The molecule has 1 heterocycles. The Morgan fingerprint density at radius 3 is 2.76 bits per heavy atom. The molecule has 114 valence electrons. The van der Waals surface area contributed by atoms with Crippen molar-refractivity contribution < 1.29 is 19.8 Å². The number of aromatic carboxylic acids is 1. The molecule has 0 aromatic heterocycles. The van der Waals surface area contributed by atoms with Crippen LogP contribution in [0, 0.1) is 0 Å². The van der Waals surface area contributed by atoms with Gasteiger partial charge in [-0.05, 0) is 44.0 Å². The van der Waals surface area contributed by atoms with Gasteiger partial charge in [0.2, 0.25) is 5.91 Å². The third-order valence-electron chi connectivity index (χ3n) is 3.84. The number of nitrogens with one attached hydrogen (secondary N) is 2. The Kier molecular flexibility index (Phi) is 4.47. The zero-order valence-corrected chi connectivity index (χ0v) is 12.0. The van der Waals surface area contributed by atoms with E-state index in [1.165, 1.54) is 18.2 Å². The molecule has 1 fully saturated rings. The van der Waals surface area contributed by atoms with Crippen LogP contribution in [-0.2, 0) is 4.79 Å². The maximum Gasteiger partial charge on any atom is 0.339 e. The molecule has 0 saturated carbocycles. The average molecular weight is 292 g/mol. The number of hydrogen-bond donors (Lipinski definition) is 4. The van der Waals surface area contributed by atoms with Crippen molar-refractivity contribution in [2.24, 2.45) is 0 Å². The summed E-state index contributed by atoms with van der Waals surface area (Å²) in [6, 6.07) is 4.03. The lowest BCUT2D eigenvalue weighted by molar-refractivity contribution is -0.122. The van der Waals surface area contributed by atoms with E-state index in [0.29, 0.717) is 5.69 Å². The van der Waals surface area contributed by atoms with Gasteiger partial charge < -0.3 is 20.8 Å². The van der Waals surface area contributed by atoms with Crippen molar-refractivity contribution in [1.29, 1.82) is 0 Å². The van der Waals surface area contributed by atoms with Gasteiger partial charge in [0.15, 0.2) is 0 Å². The van der Waals surface area contributed by atoms with E-state index in [-0.39, 0.29) is 17.2 Å². The Morgan fingerprint density at radius 2 is 2.19 bits per heavy atom. The summed E-state index contributed by atoms with van der Waals surface area (Å²) >= 11 is 0. The minimum absolute atomic E-state index is 0.149. The summed E-state index contributed by atoms with van der Waals surface area (Å²) in [5.74, 6) is -1.70. The van der Waals surface area contributed by atoms with E-state index >= 15 is 0 Å². The second kappa shape index (κ2) is 6.13. The summed E-state index contributed by atoms with van der Waals surface area (Å²) in [7, 11) is 0. The monoisotopic (exact) mass is 292 g/mol. The fourth-order valence-corrected chi connectivity index (χ4v) is 2.79. The van der Waals surface area contributed by atoms with E-state index < -0.39 is 11.5 Å². The minimum atomic E-state index is -1.23. The maximum absolute atomic E-state index is 12.5. The molecule has 0 bridgehead atoms. The first kappa shape index (κ1) is 15.3. The molecule has 0 aliphatic carbocycles. The molecule has 1 unspecified atom stereocenters. The number of carbonyl (C=O) groups is 2. The fraction of sp³-hybridized carbons (Fsp3) is 0.467. The van der Waals surface area contributed by atoms with Gasteiger partial charge >= 0.3 is 5.97 Å². The maximum atomic E-state index is 12.5. The van der Waals surface area contributed by atoms with E-state index in [2.05, 4.69) is 10.6 Å². The van der Waals surface area contributed by atoms with Gasteiger partial charge in [0.1, 0.15) is 11.3 Å². The van der Waals surface area contributed by atoms with Gasteiger partial charge in [-0.15, -0.1) is 0 Å². The molecule has 6 heteroatoms. The van der Waals surface area contributed by atoms with E-state index in [1.807, 2.05) is 6.92 Å². The van der Waals surface area contributed by atoms with Gasteiger partial charge in [-0.25, -0.2) is 4.79 Å². The lowest BCUT2D eigenvalue weighted by Crippen LogP contribution is -2.50. The summed E-state index contributed by atoms with van der Waals surface area (Å²) in [5, 5.41) is 24.5. The molecular formula is C15H20N2O4. The fourth-order valence-electron chi connectivity index (χ4n) is 2.79. The number of hydrogen-bond acceptors (Lipinski definition) is 4. The Labute approximate surface area is 123 Å². The molecule has 21 heavy (non-hydrogen) atoms. The number of carboxylic acid groups (broad SMARTS) is 1. The zero-order valence-electron chi connectivity index (χ0n) is 12.0. The van der Waals surface area contributed by atoms with Crippen LogP contribution in [0.15, 0.2) is 18.2 Å². The van der Waals surface area contributed by atoms with Gasteiger partial charge in [0.25, 0.3) is 0 Å². The molecule has 1 amide bonds. The lowest BCUT2D eigenvalue weighted by Gasteiger charge is -2.27. The van der Waals surface area contributed by atoms with Crippen LogP contribution in [0.5, 0.6) is 5.75 Å². The Morgan fingerprint density at radius 1 is 1.43 bits per heavy atom. The van der Waals surface area contributed by atoms with Crippen LogP contribution in [0.4, 0.5) is 5.69 Å². The smallest absolute Gasteiger partial charge is 0.339 e. The van der Waals surface area contributed by atoms with Gasteiger partial charge in [-0.1, -0.05) is 13.3 Å². The van der Waals surface area contributed by atoms with Gasteiger partial charge in [-0.3, -0.25) is 4.79 Å². The highest BCUT2D eigenvalue weighted by Crippen LogP contribution is 2.28. The molecule has 1 aliphatic heterocycles. The van der Waals surface area contributed by atoms with Crippen molar-refractivity contribution >= 4 is 17.6 Å². The number of anilines is 1. The average Bonchev–Trinajstić information content (AvgIpc) is 2.91. The largest absolute Gasteiger partial charge is 0.507 e. The van der Waals surface area contributed by atoms with Crippen molar-refractivity contribution in [3.63, 3.8) is 0 Å². The zero-order chi connectivity index (χ0) is 15.5. The number of aromatic hydroxyl groups is 1. The molecule has 1 aromatic rings. The van der Waals surface area contributed by atoms with Gasteiger partial charge in [-0.2, -0.15) is 0 Å². The lowest BCUT2D eigenvalue weighted by atomic mass is 9.90. The Bertz CT molecular complexity index is 551. The normalized spacial score (nSPS) is 21.2. The van der Waals surface area contributed by atoms with Crippen molar-refractivity contribution in [3.05, 3.63) is 23.8 Å². The van der Waals surface area contributed by atoms with Crippen molar-refractivity contribution in [1.82, 2.24) is 5.32 Å². The quantitative estimate of drug-likeness (QED) is 0.622. The molecule has 1 saturated heterocycles. The number of amides is 1. The predicted molar refractivity (Wildman–Crippen MR) is 78.6 cm³/mol. The summed E-state index contributed by atoms with van der Waals surface area (Å²) in [6.45, 7) is 2.83. The van der Waals surface area contributed by atoms with E-state index in [4.69, 9.17) is 5.11 Å². The molecule has 1 aromatic carbocycles. The summed E-state index contributed by atoms with van der Waals surface area (Å²) in [6.07, 6.45) is 3.35. The number of carboxylic acids is 1. The van der Waals surface area contributed by atoms with Gasteiger partial charge in [0.05, 0.1) is 5.54 Å². The minimum Gasteiger partial charge on any atom is -0.507 e. The van der Waals surface area contributed by atoms with E-state index in [1.54, 1.807) is 0 Å². The first-order valence-corrected chi connectivity index (χ1v) is 7.11. The van der Waals surface area contributed by atoms with Crippen LogP contribution in [0.25, 0.3) is 0 Å². The van der Waals surface area contributed by atoms with Crippen molar-refractivity contribution in [3.8, 4) is 5.75 Å². The second-order valence-electron chi connectivity index (χ2n) is 5.35. The predicted octanol–water partition coefficient (Wildman–Crippen LogP) is 1.95. The number of phenols is 1. The van der Waals surface area contributed by atoms with E-state index in [9.17, 15) is 14.7 Å². The highest BCUT2D eigenvalue weighted by atomic mass is 16.4. The van der Waals surface area contributed by atoms with Crippen LogP contribution >= 0.6 is 0 Å². The number of rotatable bonds is 5. The van der Waals surface area contributed by atoms with Crippen LogP contribution in [-0.4, -0.2) is 34.2 Å². The highest BCUT2D eigenvalue weighted by Gasteiger charge is 2.39. The SMILES string of the molecule is CCCC1(C(=O)Nc2ccc(O)c(C(=O)O)c2)CCCN1. The first-order chi connectivity index (χ1) is 9.98. The van der Waals surface area contributed by atoms with Crippen LogP contribution in [0.1, 0.15) is 43.0 Å². The molecular weight excluding hydrogens is 272 g/mol. The number of carbonyl (C=O) groups excluding carboxylic acids is 1. The summed E-state index contributed by atoms with van der Waals surface area (Å²) in [4.78, 5) is 23.5. The van der Waals surface area contributed by atoms with Gasteiger partial charge in [0, 0.05) is 5.69 Å². The highest BCUT2D eigenvalue weighted by molar-refractivity contribution is 6.00. The molecule has 1 atom stereocenters. The third-order valence-corrected chi connectivity index (χ3v) is 3.84. The summed E-state index contributed by atoms with van der Waals surface area (Å²) < 4.78 is 0. The summed E-state index contributed by atoms with van der Waals surface area (Å²) in [5.41, 5.74) is -0.424. The molecule has 2 rings (SSSR count). The van der Waals surface area contributed by atoms with Crippen molar-refractivity contribution in [2.75, 3.05) is 11.9 Å². The Hall–Kier alpha value is -2.08. The van der Waals surface area contributed by atoms with E-state index in [0.717, 1.165) is 32.2 Å². The molecule has 4 N–H and O–H groups in total. The topological polar surface area (TPSA) is 98.7 Å². The first-order valence-electron chi connectivity index (χ1n) is 7.11. The second-order valence-corrected chi connectivity index (χ2v) is 5.35. The van der Waals surface area contributed by atoms with Crippen LogP contribution in [0.3, 0.4) is 0 Å². The standard InChI is InChI=1S/C15H20N2O4/c1-2-6-15(7-3-8-16-15)14(21)17-10-4-5-12(18)11(9-10)13(19)20/h4-5,9,16,18H,2-3,6-8H2,1H3,(H,17,21)(H,19,20). The molecule has 0 spiro atoms. The third kappa shape index (κ3) is 3.16. The van der Waals surface area contributed by atoms with Crippen LogP contribution < -0.4 is 10.6 Å². The molecule has 0 radical (unpaired) electrons. The van der Waals surface area contributed by atoms with Crippen LogP contribution in [0.2, 0.25) is 0 Å². The van der Waals surface area contributed by atoms with Crippen molar-refractivity contribution in [2.45, 2.75) is 38.1 Å². The molecule has 6 nitrogen and oxygen atoms in total.